The van der Waals surface area contributed by atoms with E-state index in [9.17, 15) is 0 Å². The minimum atomic E-state index is -0.586. The predicted molar refractivity (Wildman–Crippen MR) is 322 cm³/mol. The Labute approximate surface area is 446 Å². The van der Waals surface area contributed by atoms with Crippen molar-refractivity contribution in [3.8, 4) is 50.2 Å². The molecule has 76 heavy (non-hydrogen) atoms. The Kier molecular flexibility index (Phi) is 10.3. The number of rotatable bonds is 9. The lowest BCUT2D eigenvalue weighted by molar-refractivity contribution is 0.768. The molecule has 0 spiro atoms. The zero-order valence-corrected chi connectivity index (χ0v) is 42.3. The lowest BCUT2D eigenvalue weighted by Gasteiger charge is -2.35. The zero-order chi connectivity index (χ0) is 50.2. The van der Waals surface area contributed by atoms with Crippen LogP contribution < -0.4 is 4.90 Å². The average Bonchev–Trinajstić information content (AvgIpc) is 4.22. The Bertz CT molecular complexity index is 4450. The topological polar surface area (TPSA) is 8.17 Å². The van der Waals surface area contributed by atoms with Crippen LogP contribution in [0.15, 0.2) is 291 Å². The quantitative estimate of drug-likeness (QED) is 0.140. The van der Waals surface area contributed by atoms with Gasteiger partial charge in [-0.05, 0) is 140 Å². The third-order valence-electron chi connectivity index (χ3n) is 15.9. The molecule has 0 saturated heterocycles. The lowest BCUT2D eigenvalue weighted by atomic mass is 9.67. The highest BCUT2D eigenvalue weighted by Gasteiger charge is 2.46. The molecule has 3 heteroatoms. The van der Waals surface area contributed by atoms with Crippen molar-refractivity contribution in [2.24, 2.45) is 0 Å². The van der Waals surface area contributed by atoms with E-state index in [1.54, 1.807) is 0 Å². The van der Waals surface area contributed by atoms with Crippen molar-refractivity contribution >= 4 is 70.4 Å². The maximum Gasteiger partial charge on any atom is 0.0714 e. The Morgan fingerprint density at radius 3 is 1.55 bits per heavy atom. The fraction of sp³-hybridized carbons (Fsp3) is 0.0137. The molecule has 1 aliphatic carbocycles. The molecule has 0 aliphatic heterocycles. The van der Waals surface area contributed by atoms with Crippen LogP contribution in [0.1, 0.15) is 22.3 Å². The summed E-state index contributed by atoms with van der Waals surface area (Å²) in [5.41, 5.74) is 21.1. The Morgan fingerprint density at radius 2 is 0.842 bits per heavy atom. The van der Waals surface area contributed by atoms with Gasteiger partial charge in [-0.2, -0.15) is 0 Å². The zero-order valence-electron chi connectivity index (χ0n) is 41.5. The Balaban J connectivity index is 0.930. The van der Waals surface area contributed by atoms with Crippen molar-refractivity contribution in [2.75, 3.05) is 4.90 Å². The molecule has 0 saturated carbocycles. The molecule has 2 aromatic heterocycles. The van der Waals surface area contributed by atoms with Gasteiger partial charge < -0.3 is 9.47 Å². The summed E-state index contributed by atoms with van der Waals surface area (Å²) >= 11 is 1.87. The highest BCUT2D eigenvalue weighted by Crippen LogP contribution is 2.57. The first kappa shape index (κ1) is 44.0. The SMILES string of the molecule is c1ccc(-c2ccc(N(c3cccc(C4(c5ccc(-c6ccccc6)cc5)c5ccccc5-c5ccccc54)c3)c3ccc4sc5cccc(-c6ccc7c8ccccc8n(-c8ccccc8)c7c6)c5c4c3)cc2)cc1. The number of hydrogen-bond acceptors (Lipinski definition) is 2. The van der Waals surface area contributed by atoms with E-state index < -0.39 is 5.41 Å². The van der Waals surface area contributed by atoms with E-state index in [1.807, 2.05) is 11.3 Å². The van der Waals surface area contributed by atoms with E-state index in [2.05, 4.69) is 301 Å². The average molecular weight is 985 g/mol. The van der Waals surface area contributed by atoms with Crippen molar-refractivity contribution in [1.82, 2.24) is 4.57 Å². The van der Waals surface area contributed by atoms with E-state index in [1.165, 1.54) is 109 Å². The second kappa shape index (κ2) is 17.8. The first-order chi connectivity index (χ1) is 37.7. The number of nitrogens with zero attached hydrogens (tertiary/aromatic N) is 2. The van der Waals surface area contributed by atoms with Crippen molar-refractivity contribution in [3.63, 3.8) is 0 Å². The number of thiophene rings is 1. The molecular formula is C73H48N2S. The minimum Gasteiger partial charge on any atom is -0.310 e. The van der Waals surface area contributed by atoms with E-state index in [-0.39, 0.29) is 0 Å². The highest BCUT2D eigenvalue weighted by molar-refractivity contribution is 7.26. The standard InChI is InChI=1S/C73H48N2S/c1-4-18-49(19-5-1)51-34-39-54(40-35-51)73(66-30-13-10-26-61(66)62-27-11-14-31-67(62)73)55-22-16-25-58(47-55)74(57-41-36-52(37-42-57)50-20-6-2-7-21-50)59-43-45-70-65(48-59)72-60(29-17-33-71(72)76-70)53-38-44-64-63-28-12-15-32-68(63)75(69(64)46-53)56-23-8-3-9-24-56/h1-48H. The molecule has 0 N–H and O–H groups in total. The van der Waals surface area contributed by atoms with Crippen LogP contribution in [0.2, 0.25) is 0 Å². The molecule has 0 amide bonds. The molecule has 14 aromatic rings. The summed E-state index contributed by atoms with van der Waals surface area (Å²) in [7, 11) is 0. The predicted octanol–water partition coefficient (Wildman–Crippen LogP) is 20.0. The van der Waals surface area contributed by atoms with Gasteiger partial charge in [0.05, 0.1) is 16.4 Å². The van der Waals surface area contributed by atoms with Gasteiger partial charge in [0.1, 0.15) is 0 Å². The maximum absolute atomic E-state index is 2.47. The monoisotopic (exact) mass is 984 g/mol. The van der Waals surface area contributed by atoms with E-state index in [0.717, 1.165) is 22.7 Å². The molecule has 2 nitrogen and oxygen atoms in total. The van der Waals surface area contributed by atoms with Gasteiger partial charge in [-0.3, -0.25) is 0 Å². The molecule has 0 fully saturated rings. The number of para-hydroxylation sites is 2. The minimum absolute atomic E-state index is 0.586. The van der Waals surface area contributed by atoms with Crippen molar-refractivity contribution in [3.05, 3.63) is 313 Å². The van der Waals surface area contributed by atoms with Crippen molar-refractivity contribution < 1.29 is 0 Å². The molecule has 0 radical (unpaired) electrons. The summed E-state index contributed by atoms with van der Waals surface area (Å²) in [5, 5.41) is 5.02. The van der Waals surface area contributed by atoms with Gasteiger partial charge in [-0.15, -0.1) is 11.3 Å². The fourth-order valence-corrected chi connectivity index (χ4v) is 13.6. The first-order valence-corrected chi connectivity index (χ1v) is 27.0. The normalized spacial score (nSPS) is 12.6. The molecular weight excluding hydrogens is 937 g/mol. The second-order valence-corrected chi connectivity index (χ2v) is 21.0. The Hall–Kier alpha value is -9.54. The van der Waals surface area contributed by atoms with Gasteiger partial charge in [-0.1, -0.05) is 218 Å². The molecule has 15 rings (SSSR count). The lowest BCUT2D eigenvalue weighted by Crippen LogP contribution is -2.28. The number of hydrogen-bond donors (Lipinski definition) is 0. The summed E-state index contributed by atoms with van der Waals surface area (Å²) in [5.74, 6) is 0. The van der Waals surface area contributed by atoms with Gasteiger partial charge >= 0.3 is 0 Å². The third kappa shape index (κ3) is 6.94. The molecule has 12 aromatic carbocycles. The van der Waals surface area contributed by atoms with Crippen LogP contribution in [0.3, 0.4) is 0 Å². The summed E-state index contributed by atoms with van der Waals surface area (Å²) in [6.07, 6.45) is 0. The molecule has 0 unspecified atom stereocenters. The number of fused-ring (bicyclic) bond motifs is 9. The Morgan fingerprint density at radius 1 is 0.303 bits per heavy atom. The van der Waals surface area contributed by atoms with Crippen molar-refractivity contribution in [2.45, 2.75) is 5.41 Å². The fourth-order valence-electron chi connectivity index (χ4n) is 12.5. The van der Waals surface area contributed by atoms with Crippen LogP contribution in [0.4, 0.5) is 17.1 Å². The van der Waals surface area contributed by atoms with Crippen LogP contribution in [0.5, 0.6) is 0 Å². The largest absolute Gasteiger partial charge is 0.310 e. The summed E-state index contributed by atoms with van der Waals surface area (Å²) in [6, 6.07) is 108. The first-order valence-electron chi connectivity index (χ1n) is 26.1. The van der Waals surface area contributed by atoms with Gasteiger partial charge in [0, 0.05) is 53.7 Å². The summed E-state index contributed by atoms with van der Waals surface area (Å²) in [6.45, 7) is 0. The number of aromatic nitrogens is 1. The molecule has 0 atom stereocenters. The van der Waals surface area contributed by atoms with Crippen LogP contribution in [0.25, 0.3) is 92.2 Å². The van der Waals surface area contributed by atoms with Crippen LogP contribution in [-0.2, 0) is 5.41 Å². The number of benzene rings is 12. The highest BCUT2D eigenvalue weighted by atomic mass is 32.1. The van der Waals surface area contributed by atoms with Crippen LogP contribution >= 0.6 is 11.3 Å². The van der Waals surface area contributed by atoms with Gasteiger partial charge in [0.25, 0.3) is 0 Å². The maximum atomic E-state index is 2.47. The van der Waals surface area contributed by atoms with Crippen molar-refractivity contribution in [1.29, 1.82) is 0 Å². The summed E-state index contributed by atoms with van der Waals surface area (Å²) in [4.78, 5) is 2.47. The van der Waals surface area contributed by atoms with E-state index in [0.29, 0.717) is 0 Å². The number of anilines is 3. The second-order valence-electron chi connectivity index (χ2n) is 20.0. The molecule has 356 valence electrons. The molecule has 0 bridgehead atoms. The van der Waals surface area contributed by atoms with Gasteiger partial charge in [0.15, 0.2) is 0 Å². The molecule has 2 heterocycles. The van der Waals surface area contributed by atoms with Crippen LogP contribution in [0, 0.1) is 0 Å². The summed E-state index contributed by atoms with van der Waals surface area (Å²) < 4.78 is 4.95. The van der Waals surface area contributed by atoms with Gasteiger partial charge in [0.2, 0.25) is 0 Å². The van der Waals surface area contributed by atoms with E-state index >= 15 is 0 Å². The smallest absolute Gasteiger partial charge is 0.0714 e. The van der Waals surface area contributed by atoms with E-state index in [4.69, 9.17) is 0 Å². The van der Waals surface area contributed by atoms with Crippen LogP contribution in [-0.4, -0.2) is 4.57 Å². The third-order valence-corrected chi connectivity index (χ3v) is 17.0. The van der Waals surface area contributed by atoms with Gasteiger partial charge in [-0.25, -0.2) is 0 Å². The molecule has 1 aliphatic rings.